The second-order valence-electron chi connectivity index (χ2n) is 6.09. The molecule has 116 valence electrons. The van der Waals surface area contributed by atoms with Crippen LogP contribution in [0, 0.1) is 0 Å². The SMILES string of the molecule is CC(C)N1CCc2c(sc3c2C(=O)NC(c2ccco2)N3)C1. The summed E-state index contributed by atoms with van der Waals surface area (Å²) in [5.41, 5.74) is 2.06. The normalized spacial score (nSPS) is 21.2. The van der Waals surface area contributed by atoms with Gasteiger partial charge in [0.2, 0.25) is 0 Å². The van der Waals surface area contributed by atoms with E-state index < -0.39 is 0 Å². The number of carbonyl (C=O) groups excluding carboxylic acids is 1. The number of hydrogen-bond donors (Lipinski definition) is 2. The summed E-state index contributed by atoms with van der Waals surface area (Å²) < 4.78 is 5.41. The number of nitrogens with zero attached hydrogens (tertiary/aromatic N) is 1. The zero-order valence-corrected chi connectivity index (χ0v) is 13.5. The average Bonchev–Trinajstić information content (AvgIpc) is 3.13. The number of nitrogens with one attached hydrogen (secondary N) is 2. The topological polar surface area (TPSA) is 57.5 Å². The predicted molar refractivity (Wildman–Crippen MR) is 86.1 cm³/mol. The van der Waals surface area contributed by atoms with Crippen LogP contribution in [0.25, 0.3) is 0 Å². The molecule has 4 heterocycles. The van der Waals surface area contributed by atoms with E-state index >= 15 is 0 Å². The van der Waals surface area contributed by atoms with E-state index in [-0.39, 0.29) is 12.1 Å². The fraction of sp³-hybridized carbons (Fsp3) is 0.438. The van der Waals surface area contributed by atoms with Crippen LogP contribution in [0.5, 0.6) is 0 Å². The van der Waals surface area contributed by atoms with Crippen molar-refractivity contribution in [1.29, 1.82) is 0 Å². The molecule has 0 aromatic carbocycles. The quantitative estimate of drug-likeness (QED) is 0.894. The molecule has 0 bridgehead atoms. The van der Waals surface area contributed by atoms with Crippen LogP contribution in [0.2, 0.25) is 0 Å². The number of rotatable bonds is 2. The van der Waals surface area contributed by atoms with Crippen LogP contribution in [0.15, 0.2) is 22.8 Å². The number of amides is 1. The van der Waals surface area contributed by atoms with Gasteiger partial charge in [-0.3, -0.25) is 9.69 Å². The standard InChI is InChI=1S/C16H19N3O2S/c1-9(2)19-6-5-10-12(8-19)22-16-13(10)15(20)17-14(18-16)11-4-3-7-21-11/h3-4,7,9,14,18H,5-6,8H2,1-2H3,(H,17,20). The van der Waals surface area contributed by atoms with E-state index in [2.05, 4.69) is 29.4 Å². The zero-order valence-electron chi connectivity index (χ0n) is 12.7. The Hall–Kier alpha value is -1.79. The molecule has 0 radical (unpaired) electrons. The van der Waals surface area contributed by atoms with Crippen molar-refractivity contribution in [1.82, 2.24) is 10.2 Å². The molecule has 6 heteroatoms. The highest BCUT2D eigenvalue weighted by atomic mass is 32.1. The molecular formula is C16H19N3O2S. The number of hydrogen-bond acceptors (Lipinski definition) is 5. The van der Waals surface area contributed by atoms with E-state index in [1.807, 2.05) is 12.1 Å². The summed E-state index contributed by atoms with van der Waals surface area (Å²) in [6.07, 6.45) is 2.29. The van der Waals surface area contributed by atoms with Crippen LogP contribution < -0.4 is 10.6 Å². The summed E-state index contributed by atoms with van der Waals surface area (Å²) >= 11 is 1.71. The Bertz CT molecular complexity index is 705. The fourth-order valence-corrected chi connectivity index (χ4v) is 4.47. The fourth-order valence-electron chi connectivity index (χ4n) is 3.17. The molecule has 2 N–H and O–H groups in total. The lowest BCUT2D eigenvalue weighted by molar-refractivity contribution is 0.0929. The van der Waals surface area contributed by atoms with Gasteiger partial charge in [0.25, 0.3) is 5.91 Å². The Morgan fingerprint density at radius 1 is 1.41 bits per heavy atom. The van der Waals surface area contributed by atoms with Gasteiger partial charge in [-0.2, -0.15) is 0 Å². The molecule has 0 fully saturated rings. The van der Waals surface area contributed by atoms with Crippen molar-refractivity contribution < 1.29 is 9.21 Å². The molecule has 0 saturated carbocycles. The number of furan rings is 1. The van der Waals surface area contributed by atoms with Gasteiger partial charge in [0.05, 0.1) is 11.8 Å². The van der Waals surface area contributed by atoms with Gasteiger partial charge < -0.3 is 15.1 Å². The second-order valence-corrected chi connectivity index (χ2v) is 7.19. The maximum Gasteiger partial charge on any atom is 0.256 e. The van der Waals surface area contributed by atoms with E-state index in [0.29, 0.717) is 6.04 Å². The lowest BCUT2D eigenvalue weighted by Gasteiger charge is -2.30. The highest BCUT2D eigenvalue weighted by Crippen LogP contribution is 2.40. The van der Waals surface area contributed by atoms with Gasteiger partial charge in [-0.1, -0.05) is 0 Å². The molecule has 2 aliphatic rings. The van der Waals surface area contributed by atoms with E-state index in [0.717, 1.165) is 35.8 Å². The first-order chi connectivity index (χ1) is 10.6. The molecule has 0 saturated heterocycles. The lowest BCUT2D eigenvalue weighted by Crippen LogP contribution is -2.39. The molecular weight excluding hydrogens is 298 g/mol. The van der Waals surface area contributed by atoms with Crippen LogP contribution >= 0.6 is 11.3 Å². The number of fused-ring (bicyclic) bond motifs is 3. The molecule has 2 aromatic rings. The maximum absolute atomic E-state index is 12.5. The molecule has 5 nitrogen and oxygen atoms in total. The van der Waals surface area contributed by atoms with Crippen molar-refractivity contribution in [3.05, 3.63) is 40.2 Å². The Morgan fingerprint density at radius 3 is 3.00 bits per heavy atom. The van der Waals surface area contributed by atoms with Crippen LogP contribution in [-0.2, 0) is 13.0 Å². The monoisotopic (exact) mass is 317 g/mol. The Kier molecular flexibility index (Phi) is 3.23. The second kappa shape index (κ2) is 5.14. The van der Waals surface area contributed by atoms with Crippen molar-refractivity contribution in [2.24, 2.45) is 0 Å². The van der Waals surface area contributed by atoms with Gasteiger partial charge >= 0.3 is 0 Å². The molecule has 22 heavy (non-hydrogen) atoms. The third kappa shape index (κ3) is 2.14. The number of anilines is 1. The van der Waals surface area contributed by atoms with Gasteiger partial charge in [-0.05, 0) is 38.0 Å². The molecule has 1 unspecified atom stereocenters. The largest absolute Gasteiger partial charge is 0.465 e. The van der Waals surface area contributed by atoms with Crippen LogP contribution in [0.3, 0.4) is 0 Å². The third-order valence-electron chi connectivity index (χ3n) is 4.42. The minimum absolute atomic E-state index is 0.00523. The summed E-state index contributed by atoms with van der Waals surface area (Å²) in [5.74, 6) is 0.736. The first-order valence-electron chi connectivity index (χ1n) is 7.63. The number of carbonyl (C=O) groups is 1. The number of thiophene rings is 1. The molecule has 4 rings (SSSR count). The highest BCUT2D eigenvalue weighted by Gasteiger charge is 2.34. The van der Waals surface area contributed by atoms with Crippen molar-refractivity contribution >= 4 is 22.2 Å². The van der Waals surface area contributed by atoms with Crippen molar-refractivity contribution in [3.8, 4) is 0 Å². The van der Waals surface area contributed by atoms with Gasteiger partial charge in [0, 0.05) is 24.0 Å². The Balaban J connectivity index is 1.67. The molecule has 0 aliphatic carbocycles. The average molecular weight is 317 g/mol. The summed E-state index contributed by atoms with van der Waals surface area (Å²) in [5, 5.41) is 7.37. The van der Waals surface area contributed by atoms with Gasteiger partial charge in [-0.25, -0.2) is 0 Å². The molecule has 0 spiro atoms. The van der Waals surface area contributed by atoms with E-state index in [1.54, 1.807) is 17.6 Å². The molecule has 1 atom stereocenters. The first kappa shape index (κ1) is 13.8. The van der Waals surface area contributed by atoms with E-state index in [9.17, 15) is 4.79 Å². The Morgan fingerprint density at radius 2 is 2.27 bits per heavy atom. The van der Waals surface area contributed by atoms with E-state index in [4.69, 9.17) is 4.42 Å². The van der Waals surface area contributed by atoms with Crippen LogP contribution in [0.1, 0.15) is 46.6 Å². The smallest absolute Gasteiger partial charge is 0.256 e. The Labute approximate surface area is 133 Å². The van der Waals surface area contributed by atoms with Gasteiger partial charge in [0.1, 0.15) is 10.8 Å². The summed E-state index contributed by atoms with van der Waals surface area (Å²) in [6, 6.07) is 4.24. The summed E-state index contributed by atoms with van der Waals surface area (Å²) in [6.45, 7) is 6.39. The summed E-state index contributed by atoms with van der Waals surface area (Å²) in [7, 11) is 0. The molecule has 1 amide bonds. The highest BCUT2D eigenvalue weighted by molar-refractivity contribution is 7.16. The van der Waals surface area contributed by atoms with Gasteiger partial charge in [0.15, 0.2) is 6.17 Å². The zero-order chi connectivity index (χ0) is 15.3. The maximum atomic E-state index is 12.5. The van der Waals surface area contributed by atoms with Crippen LogP contribution in [-0.4, -0.2) is 23.4 Å². The third-order valence-corrected chi connectivity index (χ3v) is 5.57. The summed E-state index contributed by atoms with van der Waals surface area (Å²) in [4.78, 5) is 16.3. The van der Waals surface area contributed by atoms with E-state index in [1.165, 1.54) is 10.4 Å². The minimum Gasteiger partial charge on any atom is -0.465 e. The minimum atomic E-state index is -0.281. The van der Waals surface area contributed by atoms with Crippen molar-refractivity contribution in [2.45, 2.75) is 39.0 Å². The van der Waals surface area contributed by atoms with Crippen molar-refractivity contribution in [3.63, 3.8) is 0 Å². The molecule has 2 aliphatic heterocycles. The van der Waals surface area contributed by atoms with Crippen molar-refractivity contribution in [2.75, 3.05) is 11.9 Å². The first-order valence-corrected chi connectivity index (χ1v) is 8.44. The predicted octanol–water partition coefficient (Wildman–Crippen LogP) is 2.96. The van der Waals surface area contributed by atoms with Gasteiger partial charge in [-0.15, -0.1) is 11.3 Å². The van der Waals surface area contributed by atoms with Crippen LogP contribution in [0.4, 0.5) is 5.00 Å². The molecule has 2 aromatic heterocycles. The lowest BCUT2D eigenvalue weighted by atomic mass is 10.0.